The number of nitrogens with zero attached hydrogens (tertiary/aromatic N) is 1. The van der Waals surface area contributed by atoms with Gasteiger partial charge in [0, 0.05) is 11.8 Å². The van der Waals surface area contributed by atoms with Crippen LogP contribution in [0.15, 0.2) is 11.0 Å². The molecule has 0 aromatic carbocycles. The Kier molecular flexibility index (Phi) is 5.14. The van der Waals surface area contributed by atoms with E-state index in [1.54, 1.807) is 13.8 Å². The third kappa shape index (κ3) is 3.86. The van der Waals surface area contributed by atoms with Crippen LogP contribution in [0.25, 0.3) is 0 Å². The fourth-order valence-corrected chi connectivity index (χ4v) is 2.48. The van der Waals surface area contributed by atoms with E-state index in [4.69, 9.17) is 25.4 Å². The minimum Gasteiger partial charge on any atom is -0.458 e. The van der Waals surface area contributed by atoms with Crippen molar-refractivity contribution in [2.24, 2.45) is 11.7 Å². The van der Waals surface area contributed by atoms with Crippen molar-refractivity contribution in [3.8, 4) is 0 Å². The van der Waals surface area contributed by atoms with Gasteiger partial charge in [0.25, 0.3) is 11.4 Å². The third-order valence-electron chi connectivity index (χ3n) is 3.99. The SMILES string of the molecule is [2H]C([2H])(OC(=O)[C@@H](N)C(C)C)[C@@]1(F)O[C@@H](n2cc(C)c(=O)[nH]c2=S)[C@H](O)[C@@H]1O. The number of halogens is 1. The first kappa shape index (κ1) is 17.7. The zero-order valence-electron chi connectivity index (χ0n) is 16.3. The van der Waals surface area contributed by atoms with Gasteiger partial charge in [-0.25, -0.2) is 4.39 Å². The van der Waals surface area contributed by atoms with Gasteiger partial charge in [-0.2, -0.15) is 0 Å². The van der Waals surface area contributed by atoms with E-state index in [1.165, 1.54) is 6.92 Å². The number of aliphatic hydroxyl groups is 2. The van der Waals surface area contributed by atoms with Crippen molar-refractivity contribution < 1.29 is 31.6 Å². The van der Waals surface area contributed by atoms with Gasteiger partial charge < -0.3 is 25.4 Å². The highest BCUT2D eigenvalue weighted by Gasteiger charge is 2.57. The molecule has 0 radical (unpaired) electrons. The Labute approximate surface area is 156 Å². The van der Waals surface area contributed by atoms with Crippen molar-refractivity contribution >= 4 is 18.2 Å². The first-order valence-electron chi connectivity index (χ1n) is 8.76. The molecule has 1 aromatic heterocycles. The number of rotatable bonds is 5. The summed E-state index contributed by atoms with van der Waals surface area (Å²) in [5, 5.41) is 20.3. The van der Waals surface area contributed by atoms with Crippen molar-refractivity contribution in [3.63, 3.8) is 0 Å². The Bertz CT molecular complexity index is 878. The summed E-state index contributed by atoms with van der Waals surface area (Å²) < 4.78 is 41.1. The molecule has 0 amide bonds. The van der Waals surface area contributed by atoms with Crippen LogP contribution in [0.2, 0.25) is 0 Å². The quantitative estimate of drug-likeness (QED) is 0.393. The lowest BCUT2D eigenvalue weighted by Gasteiger charge is -2.24. The van der Waals surface area contributed by atoms with Crippen molar-refractivity contribution in [3.05, 3.63) is 26.9 Å². The van der Waals surface area contributed by atoms with Crippen LogP contribution in [0.3, 0.4) is 0 Å². The molecule has 1 fully saturated rings. The van der Waals surface area contributed by atoms with Crippen LogP contribution < -0.4 is 11.3 Å². The van der Waals surface area contributed by atoms with Crippen LogP contribution in [0.1, 0.15) is 28.4 Å². The summed E-state index contributed by atoms with van der Waals surface area (Å²) in [5.41, 5.74) is 5.20. The topological polar surface area (TPSA) is 140 Å². The molecule has 2 rings (SSSR count). The van der Waals surface area contributed by atoms with Crippen LogP contribution in [0, 0.1) is 17.6 Å². The number of aromatic amines is 1. The van der Waals surface area contributed by atoms with Gasteiger partial charge in [-0.3, -0.25) is 19.1 Å². The number of nitrogens with two attached hydrogens (primary N) is 1. The number of alkyl halides is 1. The molecule has 0 bridgehead atoms. The first-order valence-corrected chi connectivity index (χ1v) is 8.17. The van der Waals surface area contributed by atoms with E-state index >= 15 is 4.39 Å². The number of hydrogen-bond acceptors (Lipinski definition) is 8. The number of aliphatic hydroxyl groups excluding tert-OH is 2. The summed E-state index contributed by atoms with van der Waals surface area (Å²) in [4.78, 5) is 25.8. The predicted octanol–water partition coefficient (Wildman–Crippen LogP) is -0.343. The second kappa shape index (κ2) is 7.53. The zero-order chi connectivity index (χ0) is 21.6. The molecule has 1 aliphatic heterocycles. The number of aromatic nitrogens is 2. The molecule has 146 valence electrons. The summed E-state index contributed by atoms with van der Waals surface area (Å²) in [6.45, 7) is 1.07. The molecule has 1 saturated heterocycles. The van der Waals surface area contributed by atoms with Crippen LogP contribution >= 0.6 is 12.2 Å². The molecule has 0 unspecified atom stereocenters. The summed E-state index contributed by atoms with van der Waals surface area (Å²) in [6.07, 6.45) is -4.97. The maximum Gasteiger partial charge on any atom is 0.323 e. The Morgan fingerprint density at radius 1 is 1.65 bits per heavy atom. The van der Waals surface area contributed by atoms with Crippen LogP contribution in [-0.2, 0) is 14.3 Å². The highest BCUT2D eigenvalue weighted by molar-refractivity contribution is 7.71. The highest BCUT2D eigenvalue weighted by atomic mass is 32.1. The van der Waals surface area contributed by atoms with Crippen LogP contribution in [0.5, 0.6) is 0 Å². The first-order chi connectivity index (χ1) is 12.7. The number of H-pyrrole nitrogens is 1. The van der Waals surface area contributed by atoms with E-state index in [0.717, 1.165) is 10.8 Å². The van der Waals surface area contributed by atoms with Gasteiger partial charge >= 0.3 is 5.97 Å². The lowest BCUT2D eigenvalue weighted by molar-refractivity contribution is -0.217. The summed E-state index contributed by atoms with van der Waals surface area (Å²) in [6, 6.07) is -1.24. The molecule has 9 nitrogen and oxygen atoms in total. The standard InChI is InChI=1S/C15H22FN3O6S/c1-6(2)8(17)13(23)24-5-15(16)10(21)9(20)12(25-15)19-4-7(3)11(22)18-14(19)26/h4,6,8-10,12,20-21H,5,17H2,1-3H3,(H,18,22,26)/t8-,9+,10-,12+,15+/m0/s1/i5D2. The fourth-order valence-electron chi connectivity index (χ4n) is 2.23. The molecule has 1 aliphatic rings. The minimum absolute atomic E-state index is 0.146. The van der Waals surface area contributed by atoms with Crippen molar-refractivity contribution in [1.29, 1.82) is 0 Å². The van der Waals surface area contributed by atoms with Gasteiger partial charge in [0.2, 0.25) is 0 Å². The van der Waals surface area contributed by atoms with E-state index in [2.05, 4.69) is 9.72 Å². The molecule has 11 heteroatoms. The van der Waals surface area contributed by atoms with E-state index in [1.807, 2.05) is 0 Å². The Balaban J connectivity index is 2.38. The lowest BCUT2D eigenvalue weighted by atomic mass is 10.1. The highest BCUT2D eigenvalue weighted by Crippen LogP contribution is 2.38. The fraction of sp³-hybridized carbons (Fsp3) is 0.667. The molecular formula is C15H22FN3O6S. The molecule has 26 heavy (non-hydrogen) atoms. The number of aryl methyl sites for hydroxylation is 1. The predicted molar refractivity (Wildman–Crippen MR) is 90.4 cm³/mol. The van der Waals surface area contributed by atoms with Gasteiger partial charge in [-0.15, -0.1) is 0 Å². The van der Waals surface area contributed by atoms with Crippen LogP contribution in [0.4, 0.5) is 4.39 Å². The van der Waals surface area contributed by atoms with Crippen molar-refractivity contribution in [2.75, 3.05) is 6.56 Å². The Hall–Kier alpha value is -1.66. The minimum atomic E-state index is -3.64. The van der Waals surface area contributed by atoms with Gasteiger partial charge in [-0.1, -0.05) is 13.8 Å². The van der Waals surface area contributed by atoms with Crippen LogP contribution in [-0.4, -0.2) is 56.4 Å². The van der Waals surface area contributed by atoms with Gasteiger partial charge in [-0.05, 0) is 25.1 Å². The number of carbonyl (C=O) groups excluding carboxylic acids is 1. The monoisotopic (exact) mass is 393 g/mol. The summed E-state index contributed by atoms with van der Waals surface area (Å²) in [7, 11) is 0. The summed E-state index contributed by atoms with van der Waals surface area (Å²) in [5.74, 6) is -5.31. The maximum absolute atomic E-state index is 15.4. The molecule has 1 aromatic rings. The largest absolute Gasteiger partial charge is 0.458 e. The molecule has 5 N–H and O–H groups in total. The zero-order valence-corrected chi connectivity index (χ0v) is 15.1. The summed E-state index contributed by atoms with van der Waals surface area (Å²) >= 11 is 4.95. The van der Waals surface area contributed by atoms with E-state index in [0.29, 0.717) is 0 Å². The van der Waals surface area contributed by atoms with E-state index in [9.17, 15) is 19.8 Å². The number of esters is 1. The lowest BCUT2D eigenvalue weighted by Crippen LogP contribution is -2.46. The Morgan fingerprint density at radius 3 is 2.85 bits per heavy atom. The average Bonchev–Trinajstić information content (AvgIpc) is 2.82. The third-order valence-corrected chi connectivity index (χ3v) is 4.30. The van der Waals surface area contributed by atoms with Crippen molar-refractivity contribution in [1.82, 2.24) is 9.55 Å². The normalized spacial score (nSPS) is 31.5. The second-order valence-electron chi connectivity index (χ2n) is 6.36. The van der Waals surface area contributed by atoms with E-state index in [-0.39, 0.29) is 10.3 Å². The molecular weight excluding hydrogens is 369 g/mol. The number of hydrogen-bond donors (Lipinski definition) is 4. The van der Waals surface area contributed by atoms with Crippen molar-refractivity contribution in [2.45, 2.75) is 51.1 Å². The maximum atomic E-state index is 15.4. The average molecular weight is 393 g/mol. The number of carbonyl (C=O) groups is 1. The molecule has 0 aliphatic carbocycles. The molecule has 2 heterocycles. The molecule has 0 saturated carbocycles. The number of ether oxygens (including phenoxy) is 2. The number of nitrogens with one attached hydrogen (secondary N) is 1. The van der Waals surface area contributed by atoms with Gasteiger partial charge in [0.15, 0.2) is 17.6 Å². The van der Waals surface area contributed by atoms with E-state index < -0.39 is 54.3 Å². The van der Waals surface area contributed by atoms with Gasteiger partial charge in [0.05, 0.1) is 2.74 Å². The van der Waals surface area contributed by atoms with Gasteiger partial charge in [0.1, 0.15) is 18.2 Å². The smallest absolute Gasteiger partial charge is 0.323 e. The molecule has 0 spiro atoms. The molecule has 5 atom stereocenters. The Morgan fingerprint density at radius 2 is 2.27 bits per heavy atom. The second-order valence-corrected chi connectivity index (χ2v) is 6.75.